The van der Waals surface area contributed by atoms with Gasteiger partial charge in [0, 0.05) is 18.7 Å². The molecule has 0 radical (unpaired) electrons. The van der Waals surface area contributed by atoms with Crippen LogP contribution in [0.15, 0.2) is 72.8 Å². The normalized spacial score (nSPS) is 12.6. The second kappa shape index (κ2) is 16.7. The second-order valence-corrected chi connectivity index (χ2v) is 12.6. The molecule has 0 aliphatic heterocycles. The van der Waals surface area contributed by atoms with E-state index in [0.717, 1.165) is 42.4 Å². The van der Waals surface area contributed by atoms with Gasteiger partial charge in [0.2, 0.25) is 5.91 Å². The molecule has 3 N–H and O–H groups in total. The van der Waals surface area contributed by atoms with Crippen molar-refractivity contribution >= 4 is 23.6 Å². The van der Waals surface area contributed by atoms with Crippen LogP contribution in [-0.4, -0.2) is 46.1 Å². The zero-order valence-corrected chi connectivity index (χ0v) is 27.6. The number of carbonyl (C=O) groups excluding carboxylic acids is 3. The first kappa shape index (κ1) is 35.2. The second-order valence-electron chi connectivity index (χ2n) is 12.6. The Morgan fingerprint density at radius 3 is 2.07 bits per heavy atom. The van der Waals surface area contributed by atoms with Crippen LogP contribution >= 0.6 is 0 Å². The number of hydrogen-bond donors (Lipinski definition) is 3. The van der Waals surface area contributed by atoms with Gasteiger partial charge in [-0.2, -0.15) is 0 Å². The molecule has 0 saturated heterocycles. The number of aromatic hydroxyl groups is 1. The molecule has 0 aliphatic carbocycles. The van der Waals surface area contributed by atoms with Gasteiger partial charge in [-0.15, -0.1) is 0 Å². The minimum Gasteiger partial charge on any atom is -0.508 e. The van der Waals surface area contributed by atoms with E-state index in [-0.39, 0.29) is 18.1 Å². The lowest BCUT2D eigenvalue weighted by Crippen LogP contribution is -2.53. The van der Waals surface area contributed by atoms with Crippen molar-refractivity contribution in [3.63, 3.8) is 0 Å². The van der Waals surface area contributed by atoms with E-state index >= 15 is 0 Å². The van der Waals surface area contributed by atoms with Gasteiger partial charge in [0.25, 0.3) is 5.91 Å². The van der Waals surface area contributed by atoms with Crippen molar-refractivity contribution in [1.82, 2.24) is 10.2 Å². The van der Waals surface area contributed by atoms with E-state index in [2.05, 4.69) is 17.6 Å². The third-order valence-electron chi connectivity index (χ3n) is 7.56. The first-order valence-corrected chi connectivity index (χ1v) is 15.9. The molecule has 0 saturated carbocycles. The topological polar surface area (TPSA) is 108 Å². The number of rotatable bonds is 14. The lowest BCUT2D eigenvalue weighted by atomic mass is 9.99. The highest BCUT2D eigenvalue weighted by Crippen LogP contribution is 2.28. The van der Waals surface area contributed by atoms with Crippen LogP contribution in [0.4, 0.5) is 10.5 Å². The van der Waals surface area contributed by atoms with E-state index < -0.39 is 29.7 Å². The van der Waals surface area contributed by atoms with Crippen LogP contribution in [0.3, 0.4) is 0 Å². The highest BCUT2D eigenvalue weighted by Gasteiger charge is 2.36. The Bertz CT molecular complexity index is 1380. The van der Waals surface area contributed by atoms with E-state index in [4.69, 9.17) is 4.74 Å². The van der Waals surface area contributed by atoms with Crippen molar-refractivity contribution in [2.75, 3.05) is 11.9 Å². The number of aryl methyl sites for hydroxylation is 2. The SMILES string of the molecule is CCCCCCCN(C(=O)C(Cc1ccc(O)cc1)NC(=O)OC(C)(C)C)C(C(=O)Nc1c(C)cccc1C)c1ccccc1. The van der Waals surface area contributed by atoms with Crippen molar-refractivity contribution in [2.24, 2.45) is 0 Å². The van der Waals surface area contributed by atoms with E-state index in [1.807, 2.05) is 62.4 Å². The number of para-hydroxylation sites is 1. The van der Waals surface area contributed by atoms with Crippen LogP contribution in [-0.2, 0) is 20.7 Å². The molecule has 45 heavy (non-hydrogen) atoms. The molecular formula is C37H49N3O5. The molecule has 0 fully saturated rings. The molecule has 0 aliphatic rings. The number of benzene rings is 3. The molecule has 3 aromatic carbocycles. The Morgan fingerprint density at radius 2 is 1.47 bits per heavy atom. The lowest BCUT2D eigenvalue weighted by molar-refractivity contribution is -0.140. The molecule has 0 bridgehead atoms. The summed E-state index contributed by atoms with van der Waals surface area (Å²) in [5.74, 6) is -0.626. The Morgan fingerprint density at radius 1 is 0.844 bits per heavy atom. The molecule has 2 atom stereocenters. The van der Waals surface area contributed by atoms with Gasteiger partial charge >= 0.3 is 6.09 Å². The first-order chi connectivity index (χ1) is 21.4. The third-order valence-corrected chi connectivity index (χ3v) is 7.56. The summed E-state index contributed by atoms with van der Waals surface area (Å²) in [7, 11) is 0. The minimum absolute atomic E-state index is 0.0998. The quantitative estimate of drug-likeness (QED) is 0.162. The van der Waals surface area contributed by atoms with Gasteiger partial charge in [-0.05, 0) is 75.4 Å². The number of carbonyl (C=O) groups is 3. The molecule has 3 rings (SSSR count). The largest absolute Gasteiger partial charge is 0.508 e. The van der Waals surface area contributed by atoms with Gasteiger partial charge in [0.1, 0.15) is 23.4 Å². The fourth-order valence-electron chi connectivity index (χ4n) is 5.28. The Kier molecular flexibility index (Phi) is 13.0. The summed E-state index contributed by atoms with van der Waals surface area (Å²) in [5.41, 5.74) is 3.19. The number of ether oxygens (including phenoxy) is 1. The Hall–Kier alpha value is -4.33. The van der Waals surface area contributed by atoms with Crippen molar-refractivity contribution in [1.29, 1.82) is 0 Å². The number of alkyl carbamates (subject to hydrolysis) is 1. The zero-order chi connectivity index (χ0) is 33.0. The maximum Gasteiger partial charge on any atom is 0.408 e. The number of unbranched alkanes of at least 4 members (excludes halogenated alkanes) is 4. The molecule has 0 spiro atoms. The van der Waals surface area contributed by atoms with E-state index in [1.165, 1.54) is 0 Å². The molecule has 3 amide bonds. The molecule has 2 unspecified atom stereocenters. The maximum atomic E-state index is 14.7. The molecule has 242 valence electrons. The van der Waals surface area contributed by atoms with Gasteiger partial charge in [-0.25, -0.2) is 4.79 Å². The monoisotopic (exact) mass is 615 g/mol. The van der Waals surface area contributed by atoms with E-state index in [0.29, 0.717) is 24.2 Å². The fourth-order valence-corrected chi connectivity index (χ4v) is 5.28. The number of hydrogen-bond acceptors (Lipinski definition) is 5. The summed E-state index contributed by atoms with van der Waals surface area (Å²) in [5, 5.41) is 15.7. The summed E-state index contributed by atoms with van der Waals surface area (Å²) >= 11 is 0. The maximum absolute atomic E-state index is 14.7. The average Bonchev–Trinajstić information content (AvgIpc) is 2.98. The smallest absolute Gasteiger partial charge is 0.408 e. The summed E-state index contributed by atoms with van der Waals surface area (Å²) in [6.45, 7) is 11.6. The predicted octanol–water partition coefficient (Wildman–Crippen LogP) is 7.62. The number of phenolic OH excluding ortho intramolecular Hbond substituents is 1. The van der Waals surface area contributed by atoms with Crippen molar-refractivity contribution in [2.45, 2.75) is 97.8 Å². The fraction of sp³-hybridized carbons (Fsp3) is 0.432. The summed E-state index contributed by atoms with van der Waals surface area (Å²) < 4.78 is 5.54. The van der Waals surface area contributed by atoms with Crippen LogP contribution in [0.5, 0.6) is 5.75 Å². The number of amides is 3. The zero-order valence-electron chi connectivity index (χ0n) is 27.6. The van der Waals surface area contributed by atoms with Crippen molar-refractivity contribution < 1.29 is 24.2 Å². The molecule has 8 heteroatoms. The summed E-state index contributed by atoms with van der Waals surface area (Å²) in [4.78, 5) is 43.6. The molecule has 0 aromatic heterocycles. The average molecular weight is 616 g/mol. The number of nitrogens with one attached hydrogen (secondary N) is 2. The summed E-state index contributed by atoms with van der Waals surface area (Å²) in [6, 6.07) is 19.6. The van der Waals surface area contributed by atoms with E-state index in [9.17, 15) is 19.5 Å². The van der Waals surface area contributed by atoms with Gasteiger partial charge in [0.05, 0.1) is 0 Å². The number of phenols is 1. The lowest BCUT2D eigenvalue weighted by Gasteiger charge is -2.35. The van der Waals surface area contributed by atoms with Crippen molar-refractivity contribution in [3.05, 3.63) is 95.1 Å². The van der Waals surface area contributed by atoms with Gasteiger partial charge in [0.15, 0.2) is 0 Å². The van der Waals surface area contributed by atoms with Crippen LogP contribution in [0, 0.1) is 13.8 Å². The van der Waals surface area contributed by atoms with Gasteiger partial charge < -0.3 is 25.4 Å². The molecule has 8 nitrogen and oxygen atoms in total. The number of anilines is 1. The van der Waals surface area contributed by atoms with Crippen LogP contribution in [0.25, 0.3) is 0 Å². The van der Waals surface area contributed by atoms with E-state index in [1.54, 1.807) is 49.9 Å². The van der Waals surface area contributed by atoms with Gasteiger partial charge in [-0.1, -0.05) is 93.3 Å². The third kappa shape index (κ3) is 11.0. The highest BCUT2D eigenvalue weighted by molar-refractivity contribution is 6.00. The van der Waals surface area contributed by atoms with Crippen LogP contribution < -0.4 is 10.6 Å². The highest BCUT2D eigenvalue weighted by atomic mass is 16.6. The number of nitrogens with zero attached hydrogens (tertiary/aromatic N) is 1. The van der Waals surface area contributed by atoms with Crippen LogP contribution in [0.1, 0.15) is 88.1 Å². The predicted molar refractivity (Wildman–Crippen MR) is 179 cm³/mol. The molecule has 3 aromatic rings. The van der Waals surface area contributed by atoms with Crippen molar-refractivity contribution in [3.8, 4) is 5.75 Å². The summed E-state index contributed by atoms with van der Waals surface area (Å²) in [6.07, 6.45) is 4.22. The first-order valence-electron chi connectivity index (χ1n) is 15.9. The molecular weight excluding hydrogens is 566 g/mol. The minimum atomic E-state index is -1.03. The Labute approximate surface area is 268 Å². The standard InChI is InChI=1S/C37H49N3O5/c1-7-8-9-10-14-24-40(33(29-18-12-11-13-19-29)34(42)39-32-26(2)16-15-17-27(32)3)35(43)31(38-36(44)45-37(4,5)6)25-28-20-22-30(41)23-21-28/h11-13,15-23,31,33,41H,7-10,14,24-25H2,1-6H3,(H,38,44)(H,39,42). The Balaban J connectivity index is 2.06. The van der Waals surface area contributed by atoms with Crippen LogP contribution in [0.2, 0.25) is 0 Å². The van der Waals surface area contributed by atoms with Gasteiger partial charge in [-0.3, -0.25) is 9.59 Å². The molecule has 0 heterocycles.